The van der Waals surface area contributed by atoms with Crippen LogP contribution in [0, 0.1) is 10.8 Å². The molecule has 0 spiro atoms. The number of halogens is 1. The minimum atomic E-state index is -0.00108. The molecule has 1 saturated heterocycles. The zero-order chi connectivity index (χ0) is 19.6. The van der Waals surface area contributed by atoms with E-state index < -0.39 is 0 Å². The highest BCUT2D eigenvalue weighted by atomic mass is 127. The molecule has 0 aromatic heterocycles. The van der Waals surface area contributed by atoms with Gasteiger partial charge in [0.25, 0.3) is 0 Å². The number of hydrogen-bond donors (Lipinski definition) is 0. The molecule has 1 aliphatic rings. The Morgan fingerprint density at radius 1 is 1.16 bits per heavy atom. The van der Waals surface area contributed by atoms with Crippen LogP contribution in [0.3, 0.4) is 0 Å². The summed E-state index contributed by atoms with van der Waals surface area (Å²) in [6.07, 6.45) is 5.10. The maximum atomic E-state index is 4.26. The van der Waals surface area contributed by atoms with Crippen LogP contribution in [-0.2, 0) is 0 Å². The van der Waals surface area contributed by atoms with Crippen LogP contribution in [0.4, 0.5) is 0 Å². The fourth-order valence-electron chi connectivity index (χ4n) is 3.54. The molecule has 0 amide bonds. The summed E-state index contributed by atoms with van der Waals surface area (Å²) in [5.41, 5.74) is 6.35. The van der Waals surface area contributed by atoms with Gasteiger partial charge < -0.3 is 9.80 Å². The molecule has 0 aromatic carbocycles. The number of allylic oxidation sites excluding steroid dienone is 5. The molecular weight excluding hydrogens is 419 g/mol. The standard InChI is InChI=1S/C22H35IN2/c1-11-16(4)17(12-2)20-18(14-23)21(5,6)22(7,8)19(15-24(9)10)25(20)13-3/h11,14-15H,1,4,12-13H2,2-3,5-10H3/b18-14+,19-15-,20-17?. The summed E-state index contributed by atoms with van der Waals surface area (Å²) < 4.78 is 2.26. The van der Waals surface area contributed by atoms with Gasteiger partial charge in [-0.25, -0.2) is 0 Å². The fourth-order valence-corrected chi connectivity index (χ4v) is 4.62. The lowest BCUT2D eigenvalue weighted by Gasteiger charge is -2.55. The van der Waals surface area contributed by atoms with E-state index in [2.05, 4.69) is 111 Å². The molecule has 0 atom stereocenters. The van der Waals surface area contributed by atoms with E-state index in [0.717, 1.165) is 18.5 Å². The van der Waals surface area contributed by atoms with Crippen molar-refractivity contribution >= 4 is 22.6 Å². The zero-order valence-corrected chi connectivity index (χ0v) is 19.5. The molecule has 140 valence electrons. The molecule has 0 aliphatic carbocycles. The second kappa shape index (κ2) is 8.15. The van der Waals surface area contributed by atoms with Crippen molar-refractivity contribution in [2.45, 2.75) is 48.0 Å². The van der Waals surface area contributed by atoms with Crippen LogP contribution in [0.2, 0.25) is 0 Å². The molecule has 1 heterocycles. The fraction of sp³-hybridized carbons (Fsp3) is 0.545. The average molecular weight is 454 g/mol. The number of nitrogens with zero attached hydrogens (tertiary/aromatic N) is 2. The normalized spacial score (nSPS) is 24.4. The van der Waals surface area contributed by atoms with Crippen molar-refractivity contribution in [1.82, 2.24) is 9.80 Å². The predicted octanol–water partition coefficient (Wildman–Crippen LogP) is 6.50. The summed E-state index contributed by atoms with van der Waals surface area (Å²) in [5, 5.41) is 0. The van der Waals surface area contributed by atoms with Crippen LogP contribution >= 0.6 is 22.6 Å². The molecule has 1 rings (SSSR count). The predicted molar refractivity (Wildman–Crippen MR) is 120 cm³/mol. The Morgan fingerprint density at radius 2 is 1.72 bits per heavy atom. The minimum absolute atomic E-state index is 0.00108. The highest BCUT2D eigenvalue weighted by Crippen LogP contribution is 2.58. The Hall–Kier alpha value is -0.970. The Balaban J connectivity index is 3.96. The molecule has 0 aromatic rings. The van der Waals surface area contributed by atoms with Crippen molar-refractivity contribution in [3.63, 3.8) is 0 Å². The number of likely N-dealkylation sites (N-methyl/N-ethyl adjacent to an activating group) is 1. The first-order chi connectivity index (χ1) is 11.5. The van der Waals surface area contributed by atoms with Crippen molar-refractivity contribution in [2.24, 2.45) is 10.8 Å². The lowest BCUT2D eigenvalue weighted by Crippen LogP contribution is -2.49. The van der Waals surface area contributed by atoms with Crippen LogP contribution < -0.4 is 0 Å². The van der Waals surface area contributed by atoms with Crippen LogP contribution in [0.1, 0.15) is 48.0 Å². The third-order valence-corrected chi connectivity index (χ3v) is 6.39. The Morgan fingerprint density at radius 3 is 2.08 bits per heavy atom. The van der Waals surface area contributed by atoms with E-state index in [1.54, 1.807) is 0 Å². The van der Waals surface area contributed by atoms with Crippen molar-refractivity contribution < 1.29 is 0 Å². The highest BCUT2D eigenvalue weighted by molar-refractivity contribution is 14.1. The van der Waals surface area contributed by atoms with Gasteiger partial charge in [0.2, 0.25) is 0 Å². The van der Waals surface area contributed by atoms with E-state index in [4.69, 9.17) is 0 Å². The quantitative estimate of drug-likeness (QED) is 0.346. The van der Waals surface area contributed by atoms with Crippen molar-refractivity contribution in [1.29, 1.82) is 0 Å². The van der Waals surface area contributed by atoms with E-state index >= 15 is 0 Å². The number of hydrogen-bond acceptors (Lipinski definition) is 2. The van der Waals surface area contributed by atoms with Crippen molar-refractivity contribution in [3.8, 4) is 0 Å². The van der Waals surface area contributed by atoms with Gasteiger partial charge in [0, 0.05) is 49.1 Å². The van der Waals surface area contributed by atoms with Gasteiger partial charge in [-0.2, -0.15) is 0 Å². The number of likely N-dealkylation sites (tertiary alicyclic amines) is 1. The first kappa shape index (κ1) is 22.1. The van der Waals surface area contributed by atoms with Crippen LogP contribution in [0.5, 0.6) is 0 Å². The first-order valence-electron chi connectivity index (χ1n) is 9.03. The van der Waals surface area contributed by atoms with E-state index in [0.29, 0.717) is 0 Å². The molecular formula is C22H35IN2. The lowest BCUT2D eigenvalue weighted by molar-refractivity contribution is 0.120. The smallest absolute Gasteiger partial charge is 0.0489 e. The zero-order valence-electron chi connectivity index (χ0n) is 17.3. The Bertz CT molecular complexity index is 630. The van der Waals surface area contributed by atoms with Gasteiger partial charge in [0.05, 0.1) is 0 Å². The first-order valence-corrected chi connectivity index (χ1v) is 10.3. The van der Waals surface area contributed by atoms with Gasteiger partial charge in [-0.1, -0.05) is 76.4 Å². The highest BCUT2D eigenvalue weighted by Gasteiger charge is 2.51. The molecule has 1 fully saturated rings. The number of rotatable bonds is 5. The van der Waals surface area contributed by atoms with Crippen LogP contribution in [0.15, 0.2) is 57.6 Å². The molecule has 2 nitrogen and oxygen atoms in total. The molecule has 3 heteroatoms. The minimum Gasteiger partial charge on any atom is -0.382 e. The third kappa shape index (κ3) is 3.76. The van der Waals surface area contributed by atoms with Gasteiger partial charge in [-0.3, -0.25) is 0 Å². The molecule has 0 bridgehead atoms. The maximum Gasteiger partial charge on any atom is 0.0489 e. The summed E-state index contributed by atoms with van der Waals surface area (Å²) >= 11 is 2.40. The van der Waals surface area contributed by atoms with Crippen LogP contribution in [0.25, 0.3) is 0 Å². The van der Waals surface area contributed by atoms with E-state index in [-0.39, 0.29) is 10.8 Å². The maximum absolute atomic E-state index is 4.26. The Kier molecular flexibility index (Phi) is 7.20. The summed E-state index contributed by atoms with van der Waals surface area (Å²) in [4.78, 5) is 4.63. The Labute approximate surface area is 169 Å². The third-order valence-electron chi connectivity index (χ3n) is 5.77. The van der Waals surface area contributed by atoms with Gasteiger partial charge in [-0.15, -0.1) is 0 Å². The van der Waals surface area contributed by atoms with Gasteiger partial charge in [0.1, 0.15) is 0 Å². The second-order valence-electron chi connectivity index (χ2n) is 7.91. The topological polar surface area (TPSA) is 6.48 Å². The summed E-state index contributed by atoms with van der Waals surface area (Å²) in [5.74, 6) is 0. The monoisotopic (exact) mass is 454 g/mol. The summed E-state index contributed by atoms with van der Waals surface area (Å²) in [7, 11) is 4.20. The molecule has 1 aliphatic heterocycles. The lowest BCUT2D eigenvalue weighted by atomic mass is 9.58. The largest absolute Gasteiger partial charge is 0.382 e. The van der Waals surface area contributed by atoms with Crippen molar-refractivity contribution in [3.05, 3.63) is 57.6 Å². The van der Waals surface area contributed by atoms with Crippen molar-refractivity contribution in [2.75, 3.05) is 20.6 Å². The summed E-state index contributed by atoms with van der Waals surface area (Å²) in [6, 6.07) is 0. The number of piperidine rings is 1. The van der Waals surface area contributed by atoms with E-state index in [1.807, 2.05) is 6.08 Å². The van der Waals surface area contributed by atoms with E-state index in [9.17, 15) is 0 Å². The van der Waals surface area contributed by atoms with E-state index in [1.165, 1.54) is 22.5 Å². The molecule has 0 radical (unpaired) electrons. The molecule has 0 N–H and O–H groups in total. The van der Waals surface area contributed by atoms with Gasteiger partial charge in [-0.05, 0) is 34.1 Å². The van der Waals surface area contributed by atoms with Crippen LogP contribution in [-0.4, -0.2) is 30.4 Å². The summed E-state index contributed by atoms with van der Waals surface area (Å²) in [6.45, 7) is 23.0. The second-order valence-corrected chi connectivity index (χ2v) is 8.53. The average Bonchev–Trinajstić information content (AvgIpc) is 2.53. The molecule has 25 heavy (non-hydrogen) atoms. The SMILES string of the molecule is C=CC(=C)C(CC)=C1/C(=C\I)C(C)(C)C(C)(C)/C(=C/N(C)C)N1CC. The van der Waals surface area contributed by atoms with Gasteiger partial charge >= 0.3 is 0 Å². The molecule has 0 saturated carbocycles. The molecule has 0 unspecified atom stereocenters. The van der Waals surface area contributed by atoms with Gasteiger partial charge in [0.15, 0.2) is 0 Å².